The molecule has 36 heavy (non-hydrogen) atoms. The standard InChI is InChI=1S/C27H28ClN3O4S/c1-34-23-7-2-3-8-24(23)35-17-22-21-12-14-36-25(21)11-13-30(22)26(32)16-31(20-9-10-20)27(33)29-19-6-4-5-18(28)15-19/h2-8,12,14-15,20,22H,9-11,13,16-17H2,1H3,(H,29,33)/t22-/m0/s1. The van der Waals surface area contributed by atoms with E-state index in [9.17, 15) is 9.59 Å². The fourth-order valence-corrected chi connectivity index (χ4v) is 5.65. The molecule has 2 aliphatic rings. The number of carbonyl (C=O) groups excluding carboxylic acids is 2. The van der Waals surface area contributed by atoms with Crippen molar-refractivity contribution in [1.82, 2.24) is 9.80 Å². The highest BCUT2D eigenvalue weighted by atomic mass is 35.5. The van der Waals surface area contributed by atoms with Crippen molar-refractivity contribution in [2.45, 2.75) is 31.3 Å². The van der Waals surface area contributed by atoms with Crippen molar-refractivity contribution in [1.29, 1.82) is 0 Å². The molecule has 1 aliphatic heterocycles. The van der Waals surface area contributed by atoms with E-state index >= 15 is 0 Å². The van der Waals surface area contributed by atoms with Crippen LogP contribution in [0.4, 0.5) is 10.5 Å². The van der Waals surface area contributed by atoms with Gasteiger partial charge in [-0.05, 0) is 66.6 Å². The summed E-state index contributed by atoms with van der Waals surface area (Å²) in [5.41, 5.74) is 1.71. The molecule has 3 amide bonds. The van der Waals surface area contributed by atoms with Gasteiger partial charge in [0.05, 0.1) is 13.2 Å². The van der Waals surface area contributed by atoms with Crippen LogP contribution < -0.4 is 14.8 Å². The number of hydrogen-bond acceptors (Lipinski definition) is 5. The summed E-state index contributed by atoms with van der Waals surface area (Å²) in [5, 5.41) is 5.49. The number of carbonyl (C=O) groups is 2. The molecule has 7 nitrogen and oxygen atoms in total. The quantitative estimate of drug-likeness (QED) is 0.415. The molecule has 9 heteroatoms. The Kier molecular flexibility index (Phi) is 7.34. The van der Waals surface area contributed by atoms with E-state index in [1.54, 1.807) is 47.6 Å². The highest BCUT2D eigenvalue weighted by Crippen LogP contribution is 2.36. The molecule has 2 heterocycles. The van der Waals surface area contributed by atoms with Gasteiger partial charge in [-0.25, -0.2) is 4.79 Å². The minimum Gasteiger partial charge on any atom is -0.493 e. The number of nitrogens with one attached hydrogen (secondary N) is 1. The molecule has 1 fully saturated rings. The van der Waals surface area contributed by atoms with Gasteiger partial charge in [0.25, 0.3) is 0 Å². The number of para-hydroxylation sites is 2. The number of rotatable bonds is 8. The van der Waals surface area contributed by atoms with Crippen LogP contribution in [0, 0.1) is 0 Å². The normalized spacial score (nSPS) is 16.7. The van der Waals surface area contributed by atoms with Crippen LogP contribution >= 0.6 is 22.9 Å². The Morgan fingerprint density at radius 1 is 1.14 bits per heavy atom. The molecule has 1 saturated carbocycles. The van der Waals surface area contributed by atoms with Crippen LogP contribution in [0.2, 0.25) is 5.02 Å². The van der Waals surface area contributed by atoms with Gasteiger partial charge in [-0.2, -0.15) is 0 Å². The second-order valence-corrected chi connectivity index (χ2v) is 10.4. The number of urea groups is 1. The zero-order valence-electron chi connectivity index (χ0n) is 20.0. The van der Waals surface area contributed by atoms with Gasteiger partial charge < -0.3 is 24.6 Å². The first kappa shape index (κ1) is 24.5. The molecule has 188 valence electrons. The third-order valence-electron chi connectivity index (χ3n) is 6.51. The van der Waals surface area contributed by atoms with Crippen molar-refractivity contribution >= 4 is 40.6 Å². The minimum atomic E-state index is -0.289. The first-order chi connectivity index (χ1) is 17.5. The first-order valence-corrected chi connectivity index (χ1v) is 13.2. The Balaban J connectivity index is 1.31. The Morgan fingerprint density at radius 3 is 2.69 bits per heavy atom. The van der Waals surface area contributed by atoms with E-state index in [0.717, 1.165) is 24.8 Å². The predicted octanol–water partition coefficient (Wildman–Crippen LogP) is 5.61. The summed E-state index contributed by atoms with van der Waals surface area (Å²) in [5.74, 6) is 1.19. The molecular weight excluding hydrogens is 498 g/mol. The van der Waals surface area contributed by atoms with Crippen LogP contribution in [0.15, 0.2) is 60.0 Å². The van der Waals surface area contributed by atoms with Crippen molar-refractivity contribution in [2.24, 2.45) is 0 Å². The lowest BCUT2D eigenvalue weighted by atomic mass is 10.0. The molecule has 0 unspecified atom stereocenters. The topological polar surface area (TPSA) is 71.1 Å². The van der Waals surface area contributed by atoms with Gasteiger partial charge in [0, 0.05) is 28.2 Å². The molecule has 2 aromatic carbocycles. The van der Waals surface area contributed by atoms with Gasteiger partial charge in [0.15, 0.2) is 11.5 Å². The number of fused-ring (bicyclic) bond motifs is 1. The Morgan fingerprint density at radius 2 is 1.94 bits per heavy atom. The van der Waals surface area contributed by atoms with Crippen LogP contribution in [-0.2, 0) is 11.2 Å². The van der Waals surface area contributed by atoms with E-state index in [-0.39, 0.29) is 30.6 Å². The van der Waals surface area contributed by atoms with Gasteiger partial charge in [-0.1, -0.05) is 29.8 Å². The SMILES string of the molecule is COc1ccccc1OC[C@H]1c2ccsc2CCN1C(=O)CN(C(=O)Nc1cccc(Cl)c1)C1CC1. The average molecular weight is 526 g/mol. The first-order valence-electron chi connectivity index (χ1n) is 12.0. The van der Waals surface area contributed by atoms with E-state index < -0.39 is 0 Å². The summed E-state index contributed by atoms with van der Waals surface area (Å²) in [6.07, 6.45) is 2.58. The van der Waals surface area contributed by atoms with E-state index in [1.807, 2.05) is 29.2 Å². The number of thiophene rings is 1. The second-order valence-electron chi connectivity index (χ2n) is 8.91. The maximum Gasteiger partial charge on any atom is 0.322 e. The molecule has 0 spiro atoms. The summed E-state index contributed by atoms with van der Waals surface area (Å²) in [7, 11) is 1.61. The molecule has 0 saturated heterocycles. The van der Waals surface area contributed by atoms with E-state index in [2.05, 4.69) is 16.8 Å². The summed E-state index contributed by atoms with van der Waals surface area (Å²) in [6, 6.07) is 16.1. The van der Waals surface area contributed by atoms with E-state index in [1.165, 1.54) is 4.88 Å². The molecule has 1 atom stereocenters. The highest BCUT2D eigenvalue weighted by molar-refractivity contribution is 7.10. The molecular formula is C27H28ClN3O4S. The number of hydrogen-bond donors (Lipinski definition) is 1. The third kappa shape index (κ3) is 5.44. The van der Waals surface area contributed by atoms with Crippen molar-refractivity contribution < 1.29 is 19.1 Å². The fourth-order valence-electron chi connectivity index (χ4n) is 4.53. The van der Waals surface area contributed by atoms with Gasteiger partial charge >= 0.3 is 6.03 Å². The lowest BCUT2D eigenvalue weighted by Gasteiger charge is -2.37. The summed E-state index contributed by atoms with van der Waals surface area (Å²) in [4.78, 5) is 31.5. The molecule has 1 aliphatic carbocycles. The summed E-state index contributed by atoms with van der Waals surface area (Å²) >= 11 is 7.77. The van der Waals surface area contributed by atoms with Crippen LogP contribution in [-0.4, -0.2) is 54.6 Å². The summed E-state index contributed by atoms with van der Waals surface area (Å²) in [6.45, 7) is 0.899. The van der Waals surface area contributed by atoms with Gasteiger partial charge in [-0.15, -0.1) is 11.3 Å². The van der Waals surface area contributed by atoms with Gasteiger partial charge in [0.1, 0.15) is 13.2 Å². The van der Waals surface area contributed by atoms with Crippen molar-refractivity contribution in [3.8, 4) is 11.5 Å². The van der Waals surface area contributed by atoms with Crippen LogP contribution in [0.25, 0.3) is 0 Å². The monoisotopic (exact) mass is 525 g/mol. The lowest BCUT2D eigenvalue weighted by molar-refractivity contribution is -0.135. The smallest absolute Gasteiger partial charge is 0.322 e. The lowest BCUT2D eigenvalue weighted by Crippen LogP contribution is -2.49. The molecule has 0 bridgehead atoms. The maximum absolute atomic E-state index is 13.6. The summed E-state index contributed by atoms with van der Waals surface area (Å²) < 4.78 is 11.6. The molecule has 1 N–H and O–H groups in total. The predicted molar refractivity (Wildman–Crippen MR) is 141 cm³/mol. The number of ether oxygens (including phenoxy) is 2. The Bertz CT molecular complexity index is 1250. The molecule has 0 radical (unpaired) electrons. The van der Waals surface area contributed by atoms with E-state index in [0.29, 0.717) is 35.4 Å². The highest BCUT2D eigenvalue weighted by Gasteiger charge is 2.38. The minimum absolute atomic E-state index is 0.0156. The second kappa shape index (κ2) is 10.8. The zero-order valence-corrected chi connectivity index (χ0v) is 21.6. The third-order valence-corrected chi connectivity index (χ3v) is 7.74. The molecule has 5 rings (SSSR count). The van der Waals surface area contributed by atoms with E-state index in [4.69, 9.17) is 21.1 Å². The Hall–Kier alpha value is -3.23. The number of anilines is 1. The van der Waals surface area contributed by atoms with Crippen LogP contribution in [0.1, 0.15) is 29.3 Å². The number of nitrogens with zero attached hydrogens (tertiary/aromatic N) is 2. The fraction of sp³-hybridized carbons (Fsp3) is 0.333. The largest absolute Gasteiger partial charge is 0.493 e. The zero-order chi connectivity index (χ0) is 25.1. The molecule has 3 aromatic rings. The van der Waals surface area contributed by atoms with Gasteiger partial charge in [0.2, 0.25) is 5.91 Å². The number of methoxy groups -OCH3 is 1. The van der Waals surface area contributed by atoms with Crippen molar-refractivity contribution in [3.63, 3.8) is 0 Å². The number of amides is 3. The number of halogens is 1. The number of benzene rings is 2. The molecule has 1 aromatic heterocycles. The maximum atomic E-state index is 13.6. The van der Waals surface area contributed by atoms with Crippen molar-refractivity contribution in [2.75, 3.05) is 32.1 Å². The van der Waals surface area contributed by atoms with Gasteiger partial charge in [-0.3, -0.25) is 4.79 Å². The van der Waals surface area contributed by atoms with Crippen molar-refractivity contribution in [3.05, 3.63) is 75.4 Å². The average Bonchev–Trinajstić information content (AvgIpc) is 3.61. The van der Waals surface area contributed by atoms with Crippen LogP contribution in [0.5, 0.6) is 11.5 Å². The van der Waals surface area contributed by atoms with Crippen LogP contribution in [0.3, 0.4) is 0 Å². The Labute approximate surface area is 219 Å².